The maximum Gasteiger partial charge on any atom is 0.339 e. The number of benzene rings is 3. The van der Waals surface area contributed by atoms with Gasteiger partial charge in [0.25, 0.3) is 0 Å². The van der Waals surface area contributed by atoms with Crippen LogP contribution in [-0.4, -0.2) is 24.0 Å². The lowest BCUT2D eigenvalue weighted by Crippen LogP contribution is -2.38. The van der Waals surface area contributed by atoms with Crippen LogP contribution < -0.4 is 0 Å². The van der Waals surface area contributed by atoms with Gasteiger partial charge in [-0.05, 0) is 69.0 Å². The first-order chi connectivity index (χ1) is 15.5. The van der Waals surface area contributed by atoms with Crippen LogP contribution in [0.15, 0.2) is 72.8 Å². The van der Waals surface area contributed by atoms with E-state index >= 15 is 0 Å². The third-order valence-corrected chi connectivity index (χ3v) is 6.46. The molecule has 3 nitrogen and oxygen atoms in total. The summed E-state index contributed by atoms with van der Waals surface area (Å²) in [5.41, 5.74) is 5.99. The summed E-state index contributed by atoms with van der Waals surface area (Å²) in [5.74, 6) is -0.244. The Labute approximate surface area is 192 Å². The third-order valence-electron chi connectivity index (χ3n) is 6.46. The van der Waals surface area contributed by atoms with Gasteiger partial charge in [0.2, 0.25) is 0 Å². The topological polar surface area (TPSA) is 29.5 Å². The number of likely N-dealkylation sites (tertiary alicyclic amines) is 1. The van der Waals surface area contributed by atoms with Crippen LogP contribution in [0.4, 0.5) is 0 Å². The second kappa shape index (κ2) is 10.1. The molecule has 2 atom stereocenters. The van der Waals surface area contributed by atoms with E-state index in [9.17, 15) is 4.79 Å². The van der Waals surface area contributed by atoms with Crippen molar-refractivity contribution < 1.29 is 9.53 Å². The van der Waals surface area contributed by atoms with Crippen LogP contribution in [0.25, 0.3) is 0 Å². The third kappa shape index (κ3) is 4.94. The minimum Gasteiger partial charge on any atom is -0.452 e. The van der Waals surface area contributed by atoms with Crippen LogP contribution in [0.2, 0.25) is 0 Å². The number of nitrogens with zero attached hydrogens (tertiary/aromatic N) is 1. The lowest BCUT2D eigenvalue weighted by Gasteiger charge is -2.39. The summed E-state index contributed by atoms with van der Waals surface area (Å²) in [6.45, 7) is 8.08. The predicted octanol–water partition coefficient (Wildman–Crippen LogP) is 6.74. The fourth-order valence-corrected chi connectivity index (χ4v) is 5.06. The minimum atomic E-state index is -0.385. The highest BCUT2D eigenvalue weighted by molar-refractivity contribution is 5.93. The molecule has 3 aromatic carbocycles. The van der Waals surface area contributed by atoms with E-state index in [1.807, 2.05) is 38.1 Å². The molecule has 3 aromatic rings. The van der Waals surface area contributed by atoms with Crippen LogP contribution in [0.5, 0.6) is 0 Å². The van der Waals surface area contributed by atoms with Crippen molar-refractivity contribution in [3.63, 3.8) is 0 Å². The van der Waals surface area contributed by atoms with Gasteiger partial charge >= 0.3 is 5.97 Å². The van der Waals surface area contributed by atoms with Crippen molar-refractivity contribution in [2.75, 3.05) is 13.1 Å². The van der Waals surface area contributed by atoms with E-state index in [0.717, 1.165) is 35.3 Å². The van der Waals surface area contributed by atoms with Crippen LogP contribution in [0.1, 0.15) is 69.6 Å². The molecule has 0 aliphatic carbocycles. The molecule has 1 heterocycles. The molecule has 0 unspecified atom stereocenters. The summed E-state index contributed by atoms with van der Waals surface area (Å²) in [6, 6.07) is 24.8. The van der Waals surface area contributed by atoms with Crippen molar-refractivity contribution in [1.82, 2.24) is 4.90 Å². The first-order valence-corrected chi connectivity index (χ1v) is 11.7. The molecular formula is C29H33NO2. The molecule has 166 valence electrons. The molecule has 1 aliphatic rings. The van der Waals surface area contributed by atoms with Gasteiger partial charge in [0.1, 0.15) is 6.10 Å². The maximum atomic E-state index is 13.6. The molecule has 0 N–H and O–H groups in total. The second-order valence-electron chi connectivity index (χ2n) is 8.96. The zero-order chi connectivity index (χ0) is 22.5. The quantitative estimate of drug-likeness (QED) is 0.408. The highest BCUT2D eigenvalue weighted by Crippen LogP contribution is 2.39. The van der Waals surface area contributed by atoms with Crippen LogP contribution in [-0.2, 0) is 4.74 Å². The lowest BCUT2D eigenvalue weighted by atomic mass is 9.92. The Kier molecular flexibility index (Phi) is 7.06. The second-order valence-corrected chi connectivity index (χ2v) is 8.96. The number of carbonyl (C=O) groups excluding carboxylic acids is 1. The van der Waals surface area contributed by atoms with Crippen molar-refractivity contribution in [3.05, 3.63) is 106 Å². The largest absolute Gasteiger partial charge is 0.452 e. The molecule has 3 heteroatoms. The monoisotopic (exact) mass is 427 g/mol. The molecule has 0 amide bonds. The van der Waals surface area contributed by atoms with Crippen molar-refractivity contribution >= 4 is 5.97 Å². The highest BCUT2D eigenvalue weighted by atomic mass is 16.5. The first kappa shape index (κ1) is 22.3. The maximum absolute atomic E-state index is 13.6. The van der Waals surface area contributed by atoms with Crippen molar-refractivity contribution in [2.24, 2.45) is 0 Å². The molecule has 0 bridgehead atoms. The van der Waals surface area contributed by atoms with Gasteiger partial charge in [-0.2, -0.15) is 0 Å². The fourth-order valence-electron chi connectivity index (χ4n) is 5.06. The number of ether oxygens (including phenoxy) is 1. The summed E-state index contributed by atoms with van der Waals surface area (Å²) in [7, 11) is 0. The number of carbonyl (C=O) groups is 1. The zero-order valence-corrected chi connectivity index (χ0v) is 19.4. The number of hydrogen-bond donors (Lipinski definition) is 0. The smallest absolute Gasteiger partial charge is 0.339 e. The van der Waals surface area contributed by atoms with Crippen LogP contribution in [0.3, 0.4) is 0 Å². The van der Waals surface area contributed by atoms with E-state index < -0.39 is 0 Å². The molecule has 0 saturated carbocycles. The molecule has 1 saturated heterocycles. The van der Waals surface area contributed by atoms with Crippen molar-refractivity contribution in [3.8, 4) is 0 Å². The average molecular weight is 428 g/mol. The SMILES string of the molecule is Cc1cc(C)c(C(=O)O[C@H](c2ccccc2)[C@H](c2ccccc2)N2CCCCC2)c(C)c1. The lowest BCUT2D eigenvalue weighted by molar-refractivity contribution is -0.00850. The van der Waals surface area contributed by atoms with Crippen molar-refractivity contribution in [2.45, 2.75) is 52.2 Å². The molecule has 0 spiro atoms. The van der Waals surface area contributed by atoms with Gasteiger partial charge in [-0.15, -0.1) is 0 Å². The summed E-state index contributed by atoms with van der Waals surface area (Å²) >= 11 is 0. The predicted molar refractivity (Wildman–Crippen MR) is 130 cm³/mol. The summed E-state index contributed by atoms with van der Waals surface area (Å²) in [4.78, 5) is 16.1. The van der Waals surface area contributed by atoms with Gasteiger partial charge in [0.05, 0.1) is 11.6 Å². The minimum absolute atomic E-state index is 0.0195. The Morgan fingerprint density at radius 3 is 1.88 bits per heavy atom. The van der Waals surface area contributed by atoms with Gasteiger partial charge in [-0.3, -0.25) is 4.90 Å². The molecule has 1 aliphatic heterocycles. The van der Waals surface area contributed by atoms with Gasteiger partial charge < -0.3 is 4.74 Å². The Bertz CT molecular complexity index is 1020. The number of piperidine rings is 1. The Morgan fingerprint density at radius 2 is 1.31 bits per heavy atom. The summed E-state index contributed by atoms with van der Waals surface area (Å²) in [5, 5.41) is 0. The van der Waals surface area contributed by atoms with E-state index in [-0.39, 0.29) is 18.1 Å². The fraction of sp³-hybridized carbons (Fsp3) is 0.345. The van der Waals surface area contributed by atoms with Crippen LogP contribution >= 0.6 is 0 Å². The molecule has 4 rings (SSSR count). The van der Waals surface area contributed by atoms with E-state index in [4.69, 9.17) is 4.74 Å². The van der Waals surface area contributed by atoms with E-state index in [1.165, 1.54) is 24.8 Å². The van der Waals surface area contributed by atoms with Crippen LogP contribution in [0, 0.1) is 20.8 Å². The summed E-state index contributed by atoms with van der Waals surface area (Å²) in [6.07, 6.45) is 3.23. The Balaban J connectivity index is 1.76. The molecular weight excluding hydrogens is 394 g/mol. The molecule has 0 radical (unpaired) electrons. The van der Waals surface area contributed by atoms with Crippen molar-refractivity contribution in [1.29, 1.82) is 0 Å². The average Bonchev–Trinajstić information content (AvgIpc) is 2.80. The first-order valence-electron chi connectivity index (χ1n) is 11.7. The highest BCUT2D eigenvalue weighted by Gasteiger charge is 2.34. The van der Waals surface area contributed by atoms with E-state index in [1.54, 1.807) is 0 Å². The molecule has 0 aromatic heterocycles. The number of esters is 1. The number of rotatable bonds is 6. The van der Waals surface area contributed by atoms with Gasteiger partial charge in [-0.1, -0.05) is 84.8 Å². The van der Waals surface area contributed by atoms with E-state index in [0.29, 0.717) is 5.56 Å². The Morgan fingerprint density at radius 1 is 0.781 bits per heavy atom. The zero-order valence-electron chi connectivity index (χ0n) is 19.4. The number of aryl methyl sites for hydroxylation is 3. The standard InChI is InChI=1S/C29H33NO2/c1-21-19-22(2)26(23(3)20-21)29(31)32-28(25-15-9-5-10-16-25)27(24-13-7-4-8-14-24)30-17-11-6-12-18-30/h4-5,7-10,13-16,19-20,27-28H,6,11-12,17-18H2,1-3H3/t27-,28+/m0/s1. The Hall–Kier alpha value is -2.91. The molecule has 32 heavy (non-hydrogen) atoms. The molecule has 1 fully saturated rings. The van der Waals surface area contributed by atoms with Gasteiger partial charge in [0, 0.05) is 0 Å². The van der Waals surface area contributed by atoms with E-state index in [2.05, 4.69) is 60.4 Å². The summed E-state index contributed by atoms with van der Waals surface area (Å²) < 4.78 is 6.41. The van der Waals surface area contributed by atoms with Gasteiger partial charge in [0.15, 0.2) is 0 Å². The van der Waals surface area contributed by atoms with Gasteiger partial charge in [-0.25, -0.2) is 4.79 Å². The normalized spacial score (nSPS) is 16.3. The number of hydrogen-bond acceptors (Lipinski definition) is 3.